The van der Waals surface area contributed by atoms with Crippen LogP contribution in [0.2, 0.25) is 0 Å². The Balaban J connectivity index is 2.29. The van der Waals surface area contributed by atoms with E-state index in [2.05, 4.69) is 0 Å². The molecule has 0 amide bonds. The Hall–Kier alpha value is -1.48. The van der Waals surface area contributed by atoms with Gasteiger partial charge in [-0.3, -0.25) is 4.79 Å². The highest BCUT2D eigenvalue weighted by Gasteiger charge is 2.25. The molecule has 0 unspecified atom stereocenters. The Labute approximate surface area is 102 Å². The molecule has 1 rings (SSSR count). The molecule has 0 spiro atoms. The molecule has 1 N–H and O–H groups in total. The van der Waals surface area contributed by atoms with Crippen LogP contribution in [0.15, 0.2) is 30.3 Å². The third kappa shape index (κ3) is 4.49. The number of nitrogens with one attached hydrogen (secondary N) is 1. The lowest BCUT2D eigenvalue weighted by atomic mass is 9.85. The summed E-state index contributed by atoms with van der Waals surface area (Å²) in [5.41, 5.74) is 0.627. The first-order valence-corrected chi connectivity index (χ1v) is 5.73. The summed E-state index contributed by atoms with van der Waals surface area (Å²) in [5.74, 6) is -0.152. The lowest BCUT2D eigenvalue weighted by Crippen LogP contribution is -2.26. The number of ether oxygens (including phenoxy) is 1. The molecule has 0 saturated carbocycles. The summed E-state index contributed by atoms with van der Waals surface area (Å²) in [7, 11) is 0. The van der Waals surface area contributed by atoms with E-state index in [4.69, 9.17) is 10.1 Å². The van der Waals surface area contributed by atoms with Crippen molar-refractivity contribution in [3.63, 3.8) is 0 Å². The summed E-state index contributed by atoms with van der Waals surface area (Å²) in [6.45, 7) is 4.77. The van der Waals surface area contributed by atoms with Gasteiger partial charge in [0.05, 0.1) is 12.8 Å². The van der Waals surface area contributed by atoms with Gasteiger partial charge in [-0.05, 0) is 12.0 Å². The van der Waals surface area contributed by atoms with Gasteiger partial charge in [0.15, 0.2) is 5.78 Å². The number of hydrogen-bond acceptors (Lipinski definition) is 3. The zero-order chi connectivity index (χ0) is 12.7. The second-order valence-corrected chi connectivity index (χ2v) is 4.68. The topological polar surface area (TPSA) is 50.2 Å². The fraction of sp³-hybridized carbons (Fsp3) is 0.429. The Morgan fingerprint density at radius 2 is 2.00 bits per heavy atom. The van der Waals surface area contributed by atoms with Crippen LogP contribution in [-0.2, 0) is 16.1 Å². The number of carbonyl (C=O) groups excluding carboxylic acids is 1. The SMILES string of the molecule is CC(C)(CCOCc1ccccc1)C(=O)C=N. The third-order valence-corrected chi connectivity index (χ3v) is 2.78. The molecule has 1 aromatic rings. The van der Waals surface area contributed by atoms with Crippen molar-refractivity contribution in [1.82, 2.24) is 0 Å². The second-order valence-electron chi connectivity index (χ2n) is 4.68. The van der Waals surface area contributed by atoms with Crippen LogP contribution >= 0.6 is 0 Å². The van der Waals surface area contributed by atoms with Gasteiger partial charge in [0, 0.05) is 12.0 Å². The molecule has 0 aromatic heterocycles. The van der Waals surface area contributed by atoms with E-state index in [1.54, 1.807) is 0 Å². The van der Waals surface area contributed by atoms with E-state index >= 15 is 0 Å². The molecule has 92 valence electrons. The van der Waals surface area contributed by atoms with Crippen molar-refractivity contribution >= 4 is 12.0 Å². The molecule has 0 radical (unpaired) electrons. The zero-order valence-electron chi connectivity index (χ0n) is 10.4. The van der Waals surface area contributed by atoms with Crippen LogP contribution in [-0.4, -0.2) is 18.6 Å². The van der Waals surface area contributed by atoms with Gasteiger partial charge in [-0.25, -0.2) is 0 Å². The molecule has 0 bridgehead atoms. The standard InChI is InChI=1S/C14H19NO2/c1-14(2,13(16)10-15)8-9-17-11-12-6-4-3-5-7-12/h3-7,10,15H,8-9,11H2,1-2H3. The average Bonchev–Trinajstić information content (AvgIpc) is 2.35. The van der Waals surface area contributed by atoms with Crippen molar-refractivity contribution in [2.24, 2.45) is 5.41 Å². The lowest BCUT2D eigenvalue weighted by Gasteiger charge is -2.20. The summed E-state index contributed by atoms with van der Waals surface area (Å²) in [6.07, 6.45) is 1.52. The maximum Gasteiger partial charge on any atom is 0.178 e. The smallest absolute Gasteiger partial charge is 0.178 e. The van der Waals surface area contributed by atoms with Gasteiger partial charge in [0.1, 0.15) is 0 Å². The van der Waals surface area contributed by atoms with Crippen LogP contribution in [0.3, 0.4) is 0 Å². The molecular weight excluding hydrogens is 214 g/mol. The van der Waals surface area contributed by atoms with Crippen molar-refractivity contribution in [2.75, 3.05) is 6.61 Å². The minimum Gasteiger partial charge on any atom is -0.377 e. The largest absolute Gasteiger partial charge is 0.377 e. The normalized spacial score (nSPS) is 11.2. The minimum absolute atomic E-state index is 0.152. The number of benzene rings is 1. The van der Waals surface area contributed by atoms with Crippen LogP contribution in [0.4, 0.5) is 0 Å². The maximum absolute atomic E-state index is 11.4. The Morgan fingerprint density at radius 3 is 2.59 bits per heavy atom. The first-order valence-electron chi connectivity index (χ1n) is 5.73. The van der Waals surface area contributed by atoms with E-state index in [1.807, 2.05) is 44.2 Å². The van der Waals surface area contributed by atoms with Gasteiger partial charge in [-0.15, -0.1) is 0 Å². The average molecular weight is 233 g/mol. The van der Waals surface area contributed by atoms with Gasteiger partial charge < -0.3 is 10.1 Å². The van der Waals surface area contributed by atoms with Crippen molar-refractivity contribution in [3.05, 3.63) is 35.9 Å². The molecule has 0 aliphatic rings. The first-order chi connectivity index (χ1) is 8.06. The maximum atomic E-state index is 11.4. The van der Waals surface area contributed by atoms with Crippen LogP contribution < -0.4 is 0 Å². The van der Waals surface area contributed by atoms with E-state index in [0.29, 0.717) is 19.6 Å². The van der Waals surface area contributed by atoms with E-state index in [1.165, 1.54) is 0 Å². The molecule has 0 fully saturated rings. The van der Waals surface area contributed by atoms with Crippen LogP contribution in [0.1, 0.15) is 25.8 Å². The molecule has 0 saturated heterocycles. The molecule has 0 atom stereocenters. The van der Waals surface area contributed by atoms with Gasteiger partial charge in [0.2, 0.25) is 0 Å². The van der Waals surface area contributed by atoms with E-state index < -0.39 is 5.41 Å². The molecule has 3 nitrogen and oxygen atoms in total. The van der Waals surface area contributed by atoms with E-state index in [-0.39, 0.29) is 5.78 Å². The predicted octanol–water partition coefficient (Wildman–Crippen LogP) is 2.84. The fourth-order valence-electron chi connectivity index (χ4n) is 1.41. The van der Waals surface area contributed by atoms with Crippen LogP contribution in [0.25, 0.3) is 0 Å². The lowest BCUT2D eigenvalue weighted by molar-refractivity contribution is -0.121. The predicted molar refractivity (Wildman–Crippen MR) is 68.3 cm³/mol. The van der Waals surface area contributed by atoms with Gasteiger partial charge in [0.25, 0.3) is 0 Å². The van der Waals surface area contributed by atoms with E-state index in [9.17, 15) is 4.79 Å². The molecule has 3 heteroatoms. The highest BCUT2D eigenvalue weighted by molar-refractivity contribution is 6.28. The molecule has 0 aliphatic heterocycles. The fourth-order valence-corrected chi connectivity index (χ4v) is 1.41. The highest BCUT2D eigenvalue weighted by atomic mass is 16.5. The van der Waals surface area contributed by atoms with Crippen molar-refractivity contribution < 1.29 is 9.53 Å². The van der Waals surface area contributed by atoms with Crippen molar-refractivity contribution in [2.45, 2.75) is 26.9 Å². The van der Waals surface area contributed by atoms with Gasteiger partial charge in [-0.2, -0.15) is 0 Å². The van der Waals surface area contributed by atoms with Gasteiger partial charge in [-0.1, -0.05) is 44.2 Å². The molecule has 0 heterocycles. The third-order valence-electron chi connectivity index (χ3n) is 2.78. The van der Waals surface area contributed by atoms with Crippen molar-refractivity contribution in [1.29, 1.82) is 5.41 Å². The molecule has 1 aromatic carbocycles. The summed E-state index contributed by atoms with van der Waals surface area (Å²) >= 11 is 0. The summed E-state index contributed by atoms with van der Waals surface area (Å²) in [4.78, 5) is 11.4. The quantitative estimate of drug-likeness (QED) is 0.581. The Kier molecular flexibility index (Phi) is 5.04. The zero-order valence-corrected chi connectivity index (χ0v) is 10.4. The first kappa shape index (κ1) is 13.6. The van der Waals surface area contributed by atoms with Gasteiger partial charge >= 0.3 is 0 Å². The number of ketones is 1. The molecular formula is C14H19NO2. The number of carbonyl (C=O) groups is 1. The monoisotopic (exact) mass is 233 g/mol. The number of Topliss-reactive ketones (excluding diaryl/α,β-unsaturated/α-hetero) is 1. The summed E-state index contributed by atoms with van der Waals surface area (Å²) in [5, 5.41) is 6.96. The summed E-state index contributed by atoms with van der Waals surface area (Å²) in [6, 6.07) is 9.93. The second kappa shape index (κ2) is 6.30. The highest BCUT2D eigenvalue weighted by Crippen LogP contribution is 2.20. The Bertz CT molecular complexity index is 371. The molecule has 17 heavy (non-hydrogen) atoms. The van der Waals surface area contributed by atoms with Crippen molar-refractivity contribution in [3.8, 4) is 0 Å². The molecule has 0 aliphatic carbocycles. The van der Waals surface area contributed by atoms with E-state index in [0.717, 1.165) is 11.8 Å². The minimum atomic E-state index is -0.502. The number of rotatable bonds is 7. The summed E-state index contributed by atoms with van der Waals surface area (Å²) < 4.78 is 5.52. The van der Waals surface area contributed by atoms with Crippen LogP contribution in [0, 0.1) is 10.8 Å². The van der Waals surface area contributed by atoms with Crippen LogP contribution in [0.5, 0.6) is 0 Å². The number of hydrogen-bond donors (Lipinski definition) is 1. The Morgan fingerprint density at radius 1 is 1.35 bits per heavy atom.